The zero-order valence-corrected chi connectivity index (χ0v) is 13.1. The second-order valence-electron chi connectivity index (χ2n) is 4.49. The fourth-order valence-corrected chi connectivity index (χ4v) is 1.94. The van der Waals surface area contributed by atoms with Crippen molar-refractivity contribution in [2.45, 2.75) is 13.5 Å². The number of methoxy groups -OCH3 is 1. The van der Waals surface area contributed by atoms with E-state index < -0.39 is 28.1 Å². The summed E-state index contributed by atoms with van der Waals surface area (Å²) in [6.07, 6.45) is 1.45. The lowest BCUT2D eigenvalue weighted by Crippen LogP contribution is -2.22. The predicted octanol–water partition coefficient (Wildman–Crippen LogP) is 0.155. The van der Waals surface area contributed by atoms with E-state index >= 15 is 0 Å². The lowest BCUT2D eigenvalue weighted by Gasteiger charge is -2.03. The molecule has 12 heteroatoms. The summed E-state index contributed by atoms with van der Waals surface area (Å²) in [4.78, 5) is 34.4. The van der Waals surface area contributed by atoms with Gasteiger partial charge in [0, 0.05) is 19.8 Å². The Kier molecular flexibility index (Phi) is 4.77. The summed E-state index contributed by atoms with van der Waals surface area (Å²) in [5.74, 6) is -1.67. The smallest absolute Gasteiger partial charge is 0.362 e. The number of carbonyl (C=O) groups is 2. The summed E-state index contributed by atoms with van der Waals surface area (Å²) in [5.41, 5.74) is -0.894. The highest BCUT2D eigenvalue weighted by molar-refractivity contribution is 6.09. The monoisotopic (exact) mass is 337 g/mol. The summed E-state index contributed by atoms with van der Waals surface area (Å²) < 4.78 is 6.19. The number of aromatic nitrogens is 4. The van der Waals surface area contributed by atoms with Gasteiger partial charge in [0.15, 0.2) is 5.69 Å². The molecule has 0 saturated carbocycles. The topological polar surface area (TPSA) is 157 Å². The first kappa shape index (κ1) is 16.9. The Morgan fingerprint density at radius 3 is 2.71 bits per heavy atom. The molecule has 2 amide bonds. The van der Waals surface area contributed by atoms with Crippen LogP contribution in [0.3, 0.4) is 0 Å². The minimum Gasteiger partial charge on any atom is -0.475 e. The van der Waals surface area contributed by atoms with Crippen molar-refractivity contribution < 1.29 is 19.2 Å². The first-order valence-electron chi connectivity index (χ1n) is 6.80. The normalized spacial score (nSPS) is 10.3. The van der Waals surface area contributed by atoms with Crippen molar-refractivity contribution in [3.8, 4) is 5.88 Å². The van der Waals surface area contributed by atoms with Gasteiger partial charge in [0.05, 0.1) is 17.7 Å². The number of nitrogens with zero attached hydrogens (tertiary/aromatic N) is 4. The van der Waals surface area contributed by atoms with E-state index in [0.717, 1.165) is 0 Å². The number of nitrogens with one attached hydrogen (secondary N) is 3. The van der Waals surface area contributed by atoms with Gasteiger partial charge in [-0.1, -0.05) is 0 Å². The van der Waals surface area contributed by atoms with Crippen LogP contribution in [0.4, 0.5) is 11.4 Å². The maximum atomic E-state index is 12.3. The van der Waals surface area contributed by atoms with Gasteiger partial charge in [0.25, 0.3) is 11.8 Å². The standard InChI is InChI=1S/C12H15N7O5/c1-4-18-5-6(7(17-18)10(20)13-2)14-11(21)8-9(19(22)23)12(24-3)16-15-8/h5H,4H2,1-3H3,(H,13,20)(H,14,21)(H,15,16). The molecule has 128 valence electrons. The predicted molar refractivity (Wildman–Crippen MR) is 81.0 cm³/mol. The number of aromatic amines is 1. The molecular weight excluding hydrogens is 322 g/mol. The summed E-state index contributed by atoms with van der Waals surface area (Å²) in [6.45, 7) is 2.27. The molecule has 3 N–H and O–H groups in total. The Balaban J connectivity index is 2.37. The number of hydrogen-bond donors (Lipinski definition) is 3. The molecule has 2 aromatic heterocycles. The molecular formula is C12H15N7O5. The largest absolute Gasteiger partial charge is 0.475 e. The average Bonchev–Trinajstić information content (AvgIpc) is 3.17. The number of ether oxygens (including phenoxy) is 1. The molecule has 0 saturated heterocycles. The Labute approximate surface area is 135 Å². The molecule has 0 unspecified atom stereocenters. The fourth-order valence-electron chi connectivity index (χ4n) is 1.94. The van der Waals surface area contributed by atoms with Crippen LogP contribution in [0.5, 0.6) is 5.88 Å². The number of nitro groups is 1. The highest BCUT2D eigenvalue weighted by Crippen LogP contribution is 2.28. The molecule has 0 spiro atoms. The van der Waals surface area contributed by atoms with E-state index in [9.17, 15) is 19.7 Å². The van der Waals surface area contributed by atoms with Crippen LogP contribution in [0.25, 0.3) is 0 Å². The quantitative estimate of drug-likeness (QED) is 0.500. The second-order valence-corrected chi connectivity index (χ2v) is 4.49. The van der Waals surface area contributed by atoms with Gasteiger partial charge in [0.1, 0.15) is 0 Å². The van der Waals surface area contributed by atoms with E-state index in [-0.39, 0.29) is 17.3 Å². The lowest BCUT2D eigenvalue weighted by atomic mass is 10.3. The molecule has 0 radical (unpaired) electrons. The van der Waals surface area contributed by atoms with E-state index in [1.807, 2.05) is 0 Å². The third-order valence-electron chi connectivity index (χ3n) is 3.09. The Hall–Kier alpha value is -3.44. The van der Waals surface area contributed by atoms with Crippen molar-refractivity contribution in [2.75, 3.05) is 19.5 Å². The summed E-state index contributed by atoms with van der Waals surface area (Å²) in [5, 5.41) is 25.8. The molecule has 0 atom stereocenters. The number of anilines is 1. The molecule has 0 fully saturated rings. The van der Waals surface area contributed by atoms with Crippen LogP contribution in [-0.4, -0.2) is 50.9 Å². The van der Waals surface area contributed by atoms with Crippen LogP contribution in [0.15, 0.2) is 6.20 Å². The fraction of sp³-hybridized carbons (Fsp3) is 0.333. The van der Waals surface area contributed by atoms with Crippen LogP contribution in [0.2, 0.25) is 0 Å². The van der Waals surface area contributed by atoms with Crippen molar-refractivity contribution >= 4 is 23.2 Å². The SMILES string of the molecule is CCn1cc(NC(=O)c2[nH]nc(OC)c2[N+](=O)[O-])c(C(=O)NC)n1. The van der Waals surface area contributed by atoms with Gasteiger partial charge in [-0.15, -0.1) is 5.10 Å². The van der Waals surface area contributed by atoms with Gasteiger partial charge in [0.2, 0.25) is 5.69 Å². The first-order valence-corrected chi connectivity index (χ1v) is 6.80. The summed E-state index contributed by atoms with van der Waals surface area (Å²) in [6, 6.07) is 0. The minimum atomic E-state index is -0.849. The van der Waals surface area contributed by atoms with Crippen molar-refractivity contribution in [1.29, 1.82) is 0 Å². The van der Waals surface area contributed by atoms with Crippen LogP contribution in [0.1, 0.15) is 27.9 Å². The molecule has 2 heterocycles. The molecule has 0 aromatic carbocycles. The molecule has 0 aliphatic carbocycles. The summed E-state index contributed by atoms with van der Waals surface area (Å²) >= 11 is 0. The number of amides is 2. The number of carbonyl (C=O) groups excluding carboxylic acids is 2. The molecule has 24 heavy (non-hydrogen) atoms. The van der Waals surface area contributed by atoms with E-state index in [1.165, 1.54) is 25.0 Å². The van der Waals surface area contributed by atoms with Gasteiger partial charge in [-0.3, -0.25) is 29.5 Å². The van der Waals surface area contributed by atoms with Crippen LogP contribution < -0.4 is 15.4 Å². The molecule has 0 bridgehead atoms. The maximum Gasteiger partial charge on any atom is 0.362 e. The van der Waals surface area contributed by atoms with Crippen molar-refractivity contribution in [1.82, 2.24) is 25.3 Å². The number of rotatable bonds is 6. The molecule has 2 rings (SSSR count). The average molecular weight is 337 g/mol. The highest BCUT2D eigenvalue weighted by Gasteiger charge is 2.31. The van der Waals surface area contributed by atoms with Gasteiger partial charge < -0.3 is 15.4 Å². The Bertz CT molecular complexity index is 794. The van der Waals surface area contributed by atoms with Crippen LogP contribution >= 0.6 is 0 Å². The molecule has 12 nitrogen and oxygen atoms in total. The zero-order chi connectivity index (χ0) is 17.9. The van der Waals surface area contributed by atoms with Crippen LogP contribution in [0, 0.1) is 10.1 Å². The minimum absolute atomic E-state index is 0.0122. The van der Waals surface area contributed by atoms with Gasteiger partial charge in [-0.2, -0.15) is 5.10 Å². The Morgan fingerprint density at radius 2 is 2.17 bits per heavy atom. The van der Waals surface area contributed by atoms with Crippen molar-refractivity contribution in [2.24, 2.45) is 0 Å². The number of hydrogen-bond acceptors (Lipinski definition) is 7. The van der Waals surface area contributed by atoms with Crippen LogP contribution in [-0.2, 0) is 6.54 Å². The highest BCUT2D eigenvalue weighted by atomic mass is 16.6. The molecule has 0 aliphatic rings. The number of aryl methyl sites for hydroxylation is 1. The molecule has 0 aliphatic heterocycles. The van der Waals surface area contributed by atoms with Gasteiger partial charge in [-0.25, -0.2) is 0 Å². The number of H-pyrrole nitrogens is 1. The van der Waals surface area contributed by atoms with E-state index in [0.29, 0.717) is 6.54 Å². The maximum absolute atomic E-state index is 12.3. The summed E-state index contributed by atoms with van der Waals surface area (Å²) in [7, 11) is 2.61. The lowest BCUT2D eigenvalue weighted by molar-refractivity contribution is -0.386. The van der Waals surface area contributed by atoms with E-state index in [4.69, 9.17) is 4.74 Å². The second kappa shape index (κ2) is 6.76. The van der Waals surface area contributed by atoms with Crippen molar-refractivity contribution in [3.05, 3.63) is 27.7 Å². The molecule has 2 aromatic rings. The van der Waals surface area contributed by atoms with E-state index in [1.54, 1.807) is 6.92 Å². The van der Waals surface area contributed by atoms with Gasteiger partial charge >= 0.3 is 11.6 Å². The van der Waals surface area contributed by atoms with Gasteiger partial charge in [-0.05, 0) is 6.92 Å². The third-order valence-corrected chi connectivity index (χ3v) is 3.09. The first-order chi connectivity index (χ1) is 11.4. The Morgan fingerprint density at radius 1 is 1.46 bits per heavy atom. The van der Waals surface area contributed by atoms with Crippen molar-refractivity contribution in [3.63, 3.8) is 0 Å². The van der Waals surface area contributed by atoms with E-state index in [2.05, 4.69) is 25.9 Å². The third kappa shape index (κ3) is 3.02. The zero-order valence-electron chi connectivity index (χ0n) is 13.1.